The van der Waals surface area contributed by atoms with Crippen molar-refractivity contribution in [3.8, 4) is 5.75 Å². The zero-order valence-electron chi connectivity index (χ0n) is 14.9. The number of hydrogen-bond donors (Lipinski definition) is 1. The van der Waals surface area contributed by atoms with Crippen molar-refractivity contribution < 1.29 is 18.3 Å². The summed E-state index contributed by atoms with van der Waals surface area (Å²) in [5.74, 6) is 0.642. The molecule has 1 fully saturated rings. The largest absolute Gasteiger partial charge is 0.495 e. The summed E-state index contributed by atoms with van der Waals surface area (Å²) in [5, 5.41) is 14.8. The zero-order chi connectivity index (χ0) is 18.5. The van der Waals surface area contributed by atoms with E-state index in [2.05, 4.69) is 5.10 Å². The molecule has 1 aromatic carbocycles. The third-order valence-corrected chi connectivity index (χ3v) is 6.96. The molecule has 4 rings (SSSR count). The van der Waals surface area contributed by atoms with Crippen LogP contribution in [0.3, 0.4) is 0 Å². The Morgan fingerprint density at radius 1 is 1.27 bits per heavy atom. The minimum absolute atomic E-state index is 0.186. The summed E-state index contributed by atoms with van der Waals surface area (Å²) in [6.45, 7) is 2.91. The normalized spacial score (nSPS) is 19.2. The van der Waals surface area contributed by atoms with Gasteiger partial charge in [-0.25, -0.2) is 8.42 Å². The lowest BCUT2D eigenvalue weighted by Gasteiger charge is -2.27. The van der Waals surface area contributed by atoms with Crippen LogP contribution in [0.5, 0.6) is 5.75 Å². The molecule has 2 aromatic rings. The van der Waals surface area contributed by atoms with Gasteiger partial charge in [-0.1, -0.05) is 6.07 Å². The first-order valence-corrected chi connectivity index (χ1v) is 10.2. The molecule has 1 aromatic heterocycles. The predicted octanol–water partition coefficient (Wildman–Crippen LogP) is 1.85. The Hall–Kier alpha value is -1.90. The third kappa shape index (κ3) is 3.02. The van der Waals surface area contributed by atoms with Gasteiger partial charge in [0.25, 0.3) is 0 Å². The first-order valence-electron chi connectivity index (χ1n) is 8.79. The number of aliphatic hydroxyl groups is 1. The molecular weight excluding hydrogens is 354 g/mol. The van der Waals surface area contributed by atoms with E-state index >= 15 is 0 Å². The number of aryl methyl sites for hydroxylation is 1. The lowest BCUT2D eigenvalue weighted by molar-refractivity contribution is 0.148. The molecule has 8 heteroatoms. The van der Waals surface area contributed by atoms with Gasteiger partial charge < -0.3 is 9.84 Å². The molecule has 0 bridgehead atoms. The summed E-state index contributed by atoms with van der Waals surface area (Å²) in [6, 6.07) is 6.98. The number of hydrogen-bond acceptors (Lipinski definition) is 5. The topological polar surface area (TPSA) is 84.7 Å². The monoisotopic (exact) mass is 377 g/mol. The van der Waals surface area contributed by atoms with Crippen molar-refractivity contribution in [1.29, 1.82) is 0 Å². The molecule has 1 saturated carbocycles. The maximum atomic E-state index is 13.2. The highest BCUT2D eigenvalue weighted by Crippen LogP contribution is 2.41. The molecule has 1 aliphatic heterocycles. The number of benzene rings is 1. The summed E-state index contributed by atoms with van der Waals surface area (Å²) in [5.41, 5.74) is 2.32. The molecule has 1 aliphatic carbocycles. The van der Waals surface area contributed by atoms with Crippen molar-refractivity contribution in [2.75, 3.05) is 13.7 Å². The maximum absolute atomic E-state index is 13.2. The fraction of sp³-hybridized carbons (Fsp3) is 0.500. The van der Waals surface area contributed by atoms with E-state index in [1.54, 1.807) is 16.8 Å². The van der Waals surface area contributed by atoms with Gasteiger partial charge in [0.15, 0.2) is 0 Å². The van der Waals surface area contributed by atoms with Gasteiger partial charge in [0.1, 0.15) is 16.7 Å². The first-order chi connectivity index (χ1) is 12.4. The van der Waals surface area contributed by atoms with Crippen LogP contribution in [0, 0.1) is 12.8 Å². The Labute approximate surface area is 153 Å². The van der Waals surface area contributed by atoms with E-state index in [0.29, 0.717) is 30.5 Å². The van der Waals surface area contributed by atoms with Crippen molar-refractivity contribution >= 4 is 10.0 Å². The van der Waals surface area contributed by atoms with Crippen LogP contribution in [0.2, 0.25) is 0 Å². The second kappa shape index (κ2) is 6.37. The standard InChI is InChI=1S/C18H23N3O4S/c1-12-3-6-16(25-2)17(9-12)26(23,24)20-7-8-21-14(11-20)10-15(19-21)18(22)13-4-5-13/h3,6,9-10,13,18,22H,4-5,7-8,11H2,1-2H3. The van der Waals surface area contributed by atoms with Crippen LogP contribution < -0.4 is 4.74 Å². The second-order valence-electron chi connectivity index (χ2n) is 7.06. The second-order valence-corrected chi connectivity index (χ2v) is 8.97. The van der Waals surface area contributed by atoms with Gasteiger partial charge in [-0.3, -0.25) is 4.68 Å². The number of methoxy groups -OCH3 is 1. The van der Waals surface area contributed by atoms with Gasteiger partial charge in [0.05, 0.1) is 31.6 Å². The van der Waals surface area contributed by atoms with Crippen LogP contribution in [-0.4, -0.2) is 41.3 Å². The Kier molecular flexibility index (Phi) is 4.29. The summed E-state index contributed by atoms with van der Waals surface area (Å²) < 4.78 is 34.8. The molecule has 140 valence electrons. The highest BCUT2D eigenvalue weighted by Gasteiger charge is 2.35. The molecular formula is C18H23N3O4S. The molecule has 0 saturated heterocycles. The van der Waals surface area contributed by atoms with Crippen LogP contribution >= 0.6 is 0 Å². The van der Waals surface area contributed by atoms with Crippen LogP contribution in [-0.2, 0) is 23.1 Å². The molecule has 1 unspecified atom stereocenters. The Balaban J connectivity index is 1.63. The molecule has 0 spiro atoms. The number of aromatic nitrogens is 2. The molecule has 1 N–H and O–H groups in total. The number of fused-ring (bicyclic) bond motifs is 1. The summed E-state index contributed by atoms with van der Waals surface area (Å²) in [7, 11) is -2.21. The summed E-state index contributed by atoms with van der Waals surface area (Å²) in [6.07, 6.45) is 1.50. The van der Waals surface area contributed by atoms with E-state index in [1.165, 1.54) is 11.4 Å². The van der Waals surface area contributed by atoms with E-state index in [0.717, 1.165) is 24.1 Å². The highest BCUT2D eigenvalue weighted by molar-refractivity contribution is 7.89. The van der Waals surface area contributed by atoms with E-state index in [9.17, 15) is 13.5 Å². The number of sulfonamides is 1. The summed E-state index contributed by atoms with van der Waals surface area (Å²) >= 11 is 0. The predicted molar refractivity (Wildman–Crippen MR) is 95.2 cm³/mol. The van der Waals surface area contributed by atoms with Crippen molar-refractivity contribution in [2.24, 2.45) is 5.92 Å². The van der Waals surface area contributed by atoms with Crippen LogP contribution in [0.1, 0.15) is 35.9 Å². The SMILES string of the molecule is COc1ccc(C)cc1S(=O)(=O)N1CCn2nc(C(O)C3CC3)cc2C1. The molecule has 7 nitrogen and oxygen atoms in total. The fourth-order valence-corrected chi connectivity index (χ4v) is 5.04. The smallest absolute Gasteiger partial charge is 0.247 e. The van der Waals surface area contributed by atoms with Crippen molar-refractivity contribution in [2.45, 2.75) is 43.9 Å². The van der Waals surface area contributed by atoms with Gasteiger partial charge in [0, 0.05) is 6.54 Å². The van der Waals surface area contributed by atoms with Crippen molar-refractivity contribution in [3.05, 3.63) is 41.2 Å². The van der Waals surface area contributed by atoms with Crippen LogP contribution in [0.25, 0.3) is 0 Å². The van der Waals surface area contributed by atoms with Crippen LogP contribution in [0.4, 0.5) is 0 Å². The zero-order valence-corrected chi connectivity index (χ0v) is 15.7. The van der Waals surface area contributed by atoms with Gasteiger partial charge in [0.2, 0.25) is 10.0 Å². The lowest BCUT2D eigenvalue weighted by Crippen LogP contribution is -2.38. The average Bonchev–Trinajstić information content (AvgIpc) is 3.39. The molecule has 26 heavy (non-hydrogen) atoms. The van der Waals surface area contributed by atoms with Crippen LogP contribution in [0.15, 0.2) is 29.2 Å². The summed E-state index contributed by atoms with van der Waals surface area (Å²) in [4.78, 5) is 0.186. The molecule has 2 aliphatic rings. The Bertz CT molecular complexity index is 934. The number of aliphatic hydroxyl groups excluding tert-OH is 1. The maximum Gasteiger partial charge on any atom is 0.247 e. The first kappa shape index (κ1) is 17.5. The Morgan fingerprint density at radius 2 is 2.04 bits per heavy atom. The number of ether oxygens (including phenoxy) is 1. The quantitative estimate of drug-likeness (QED) is 0.860. The molecule has 0 amide bonds. The minimum Gasteiger partial charge on any atom is -0.495 e. The third-order valence-electron chi connectivity index (χ3n) is 5.09. The minimum atomic E-state index is -3.68. The van der Waals surface area contributed by atoms with Crippen molar-refractivity contribution in [3.63, 3.8) is 0 Å². The van der Waals surface area contributed by atoms with Gasteiger partial charge in [-0.2, -0.15) is 9.40 Å². The molecule has 0 radical (unpaired) electrons. The van der Waals surface area contributed by atoms with E-state index < -0.39 is 16.1 Å². The number of rotatable bonds is 5. The molecule has 1 atom stereocenters. The molecule has 2 heterocycles. The van der Waals surface area contributed by atoms with Gasteiger partial charge >= 0.3 is 0 Å². The van der Waals surface area contributed by atoms with Gasteiger partial charge in [-0.15, -0.1) is 0 Å². The van der Waals surface area contributed by atoms with E-state index in [4.69, 9.17) is 4.74 Å². The Morgan fingerprint density at radius 3 is 2.73 bits per heavy atom. The number of nitrogens with zero attached hydrogens (tertiary/aromatic N) is 3. The van der Waals surface area contributed by atoms with E-state index in [1.807, 2.05) is 19.1 Å². The van der Waals surface area contributed by atoms with Crippen molar-refractivity contribution in [1.82, 2.24) is 14.1 Å². The lowest BCUT2D eigenvalue weighted by atomic mass is 10.1. The average molecular weight is 377 g/mol. The van der Waals surface area contributed by atoms with Gasteiger partial charge in [-0.05, 0) is 49.4 Å². The fourth-order valence-electron chi connectivity index (χ4n) is 3.39. The highest BCUT2D eigenvalue weighted by atomic mass is 32.2. The van der Waals surface area contributed by atoms with E-state index in [-0.39, 0.29) is 11.4 Å².